The maximum atomic E-state index is 12.1. The van der Waals surface area contributed by atoms with Gasteiger partial charge in [0, 0.05) is 35.0 Å². The Hall–Kier alpha value is -2.34. The van der Waals surface area contributed by atoms with Gasteiger partial charge in [-0.1, -0.05) is 31.9 Å². The topological polar surface area (TPSA) is 68.5 Å². The second-order valence-electron chi connectivity index (χ2n) is 8.40. The minimum atomic E-state index is -0.222. The molecule has 0 spiro atoms. The molecule has 2 aromatic rings. The number of piperidine rings is 1. The Morgan fingerprint density at radius 1 is 1.09 bits per heavy atom. The van der Waals surface area contributed by atoms with Crippen molar-refractivity contribution in [3.63, 3.8) is 0 Å². The highest BCUT2D eigenvalue weighted by Gasteiger charge is 2.27. The highest BCUT2D eigenvalue weighted by molar-refractivity contribution is 9.10. The minimum Gasteiger partial charge on any atom is -0.450 e. The number of aryl methyl sites for hydroxylation is 3. The van der Waals surface area contributed by atoms with Crippen molar-refractivity contribution in [1.29, 1.82) is 0 Å². The van der Waals surface area contributed by atoms with Crippen molar-refractivity contribution in [2.75, 3.05) is 25.4 Å². The van der Waals surface area contributed by atoms with Crippen LogP contribution in [0.3, 0.4) is 0 Å². The molecule has 2 N–H and O–H groups in total. The number of anilines is 1. The summed E-state index contributed by atoms with van der Waals surface area (Å²) in [5.41, 5.74) is 15.6. The zero-order chi connectivity index (χ0) is 23.3. The number of likely N-dealkylation sites (tertiary alicyclic amines) is 1. The van der Waals surface area contributed by atoms with E-state index in [9.17, 15) is 4.79 Å². The smallest absolute Gasteiger partial charge is 0.409 e. The zero-order valence-corrected chi connectivity index (χ0v) is 21.2. The van der Waals surface area contributed by atoms with Crippen LogP contribution in [0.25, 0.3) is 5.57 Å². The molecule has 2 aliphatic rings. The molecule has 1 aliphatic carbocycles. The van der Waals surface area contributed by atoms with Gasteiger partial charge >= 0.3 is 6.09 Å². The van der Waals surface area contributed by atoms with E-state index >= 15 is 0 Å². The van der Waals surface area contributed by atoms with Gasteiger partial charge in [0.25, 0.3) is 0 Å². The maximum Gasteiger partial charge on any atom is 0.409 e. The Balaban J connectivity index is 0.000000913. The molecule has 0 bridgehead atoms. The third kappa shape index (κ3) is 5.34. The predicted octanol–water partition coefficient (Wildman–Crippen LogP) is 6.30. The van der Waals surface area contributed by atoms with Gasteiger partial charge in [0.05, 0.1) is 12.3 Å². The van der Waals surface area contributed by atoms with E-state index in [1.54, 1.807) is 4.90 Å². The van der Waals surface area contributed by atoms with E-state index in [0.717, 1.165) is 47.1 Å². The van der Waals surface area contributed by atoms with Crippen molar-refractivity contribution in [3.05, 3.63) is 62.4 Å². The van der Waals surface area contributed by atoms with Crippen LogP contribution >= 0.6 is 15.9 Å². The number of halogens is 1. The lowest BCUT2D eigenvalue weighted by atomic mass is 9.87. The van der Waals surface area contributed by atoms with Gasteiger partial charge in [0.15, 0.2) is 0 Å². The van der Waals surface area contributed by atoms with Gasteiger partial charge in [-0.25, -0.2) is 4.79 Å². The molecule has 1 amide bonds. The number of hydrogen-bond acceptors (Lipinski definition) is 4. The zero-order valence-electron chi connectivity index (χ0n) is 19.6. The van der Waals surface area contributed by atoms with Crippen LogP contribution in [0.5, 0.6) is 0 Å². The Morgan fingerprint density at radius 3 is 2.41 bits per heavy atom. The fraction of sp³-hybridized carbons (Fsp3) is 0.462. The molecule has 4 rings (SSSR count). The molecule has 0 radical (unpaired) electrons. The molecule has 1 saturated heterocycles. The number of aromatic nitrogens is 1. The molecule has 1 aromatic carbocycles. The molecule has 5 nitrogen and oxygen atoms in total. The van der Waals surface area contributed by atoms with Gasteiger partial charge in [0.2, 0.25) is 0 Å². The number of benzene rings is 1. The monoisotopic (exact) mass is 499 g/mol. The molecule has 1 aliphatic heterocycles. The highest BCUT2D eigenvalue weighted by Crippen LogP contribution is 2.39. The third-order valence-corrected chi connectivity index (χ3v) is 6.28. The SMILES string of the molecule is CCC.CCOC(=O)N1CCC(=C2c3cc(N)c(C)cc3CCc3cc(Br)cnc32)CC1. The van der Waals surface area contributed by atoms with Crippen molar-refractivity contribution >= 4 is 33.3 Å². The number of nitrogen functional groups attached to an aromatic ring is 1. The summed E-state index contributed by atoms with van der Waals surface area (Å²) in [5.74, 6) is 0. The molecule has 0 saturated carbocycles. The number of ether oxygens (including phenoxy) is 1. The number of carbonyl (C=O) groups is 1. The van der Waals surface area contributed by atoms with Crippen LogP contribution in [0.2, 0.25) is 0 Å². The van der Waals surface area contributed by atoms with Crippen LogP contribution in [-0.2, 0) is 17.6 Å². The lowest BCUT2D eigenvalue weighted by molar-refractivity contribution is 0.104. The van der Waals surface area contributed by atoms with Gasteiger partial charge in [-0.05, 0) is 89.8 Å². The van der Waals surface area contributed by atoms with Crippen LogP contribution in [0.1, 0.15) is 68.0 Å². The van der Waals surface area contributed by atoms with Gasteiger partial charge in [0.1, 0.15) is 0 Å². The Bertz CT molecular complexity index is 1010. The number of rotatable bonds is 1. The largest absolute Gasteiger partial charge is 0.450 e. The average molecular weight is 500 g/mol. The minimum absolute atomic E-state index is 0.222. The van der Waals surface area contributed by atoms with Gasteiger partial charge in [-0.3, -0.25) is 4.98 Å². The Morgan fingerprint density at radius 2 is 1.75 bits per heavy atom. The molecule has 6 heteroatoms. The molecule has 32 heavy (non-hydrogen) atoms. The number of hydrogen-bond donors (Lipinski definition) is 1. The standard InChI is InChI=1S/C23H26BrN3O2.C3H8/c1-3-29-23(28)27-8-6-15(7-9-27)21-19-12-20(25)14(2)10-16(19)4-5-17-11-18(24)13-26-22(17)21;1-3-2/h10-13H,3-9,25H2,1-2H3;3H2,1-2H3. The van der Waals surface area contributed by atoms with E-state index in [-0.39, 0.29) is 6.09 Å². The summed E-state index contributed by atoms with van der Waals surface area (Å²) in [7, 11) is 0. The summed E-state index contributed by atoms with van der Waals surface area (Å²) in [6.07, 6.45) is 6.45. The maximum absolute atomic E-state index is 12.1. The van der Waals surface area contributed by atoms with Crippen LogP contribution in [0.15, 0.2) is 34.4 Å². The Labute approximate surface area is 200 Å². The van der Waals surface area contributed by atoms with E-state index in [4.69, 9.17) is 15.5 Å². The Kier molecular flexibility index (Phi) is 8.35. The van der Waals surface area contributed by atoms with Crippen LogP contribution in [-0.4, -0.2) is 35.7 Å². The van der Waals surface area contributed by atoms with Gasteiger partial charge in [-0.15, -0.1) is 0 Å². The second kappa shape index (κ2) is 11.0. The van der Waals surface area contributed by atoms with Crippen molar-refractivity contribution in [2.45, 2.75) is 59.8 Å². The summed E-state index contributed by atoms with van der Waals surface area (Å²) in [6, 6.07) is 6.52. The summed E-state index contributed by atoms with van der Waals surface area (Å²) < 4.78 is 6.17. The van der Waals surface area contributed by atoms with E-state index in [0.29, 0.717) is 19.7 Å². The van der Waals surface area contributed by atoms with Crippen molar-refractivity contribution in [1.82, 2.24) is 9.88 Å². The number of nitrogens with two attached hydrogens (primary N) is 1. The number of nitrogens with zero attached hydrogens (tertiary/aromatic N) is 2. The number of fused-ring (bicyclic) bond motifs is 2. The second-order valence-corrected chi connectivity index (χ2v) is 9.31. The third-order valence-electron chi connectivity index (χ3n) is 5.84. The molecule has 1 aromatic heterocycles. The van der Waals surface area contributed by atoms with E-state index in [1.807, 2.05) is 13.1 Å². The molecule has 2 heterocycles. The first-order chi connectivity index (χ1) is 15.4. The summed E-state index contributed by atoms with van der Waals surface area (Å²) in [4.78, 5) is 18.7. The first-order valence-electron chi connectivity index (χ1n) is 11.6. The molecule has 172 valence electrons. The van der Waals surface area contributed by atoms with Crippen molar-refractivity contribution < 1.29 is 9.53 Å². The molecule has 0 unspecified atom stereocenters. The molecular weight excluding hydrogens is 466 g/mol. The molecule has 0 atom stereocenters. The van der Waals surface area contributed by atoms with E-state index in [1.165, 1.54) is 34.3 Å². The van der Waals surface area contributed by atoms with Crippen LogP contribution in [0.4, 0.5) is 10.5 Å². The van der Waals surface area contributed by atoms with Crippen LogP contribution in [0, 0.1) is 6.92 Å². The molecular formula is C26H34BrN3O2. The summed E-state index contributed by atoms with van der Waals surface area (Å²) in [5, 5.41) is 0. The fourth-order valence-corrected chi connectivity index (χ4v) is 4.68. The number of amides is 1. The van der Waals surface area contributed by atoms with E-state index < -0.39 is 0 Å². The average Bonchev–Trinajstić information content (AvgIpc) is 2.91. The van der Waals surface area contributed by atoms with E-state index in [2.05, 4.69) is 54.9 Å². The number of carbonyl (C=O) groups excluding carboxylic acids is 1. The fourth-order valence-electron chi connectivity index (χ4n) is 4.30. The summed E-state index contributed by atoms with van der Waals surface area (Å²) >= 11 is 3.57. The lowest BCUT2D eigenvalue weighted by Crippen LogP contribution is -2.37. The summed E-state index contributed by atoms with van der Waals surface area (Å²) in [6.45, 7) is 9.89. The van der Waals surface area contributed by atoms with Gasteiger partial charge in [-0.2, -0.15) is 0 Å². The first-order valence-corrected chi connectivity index (χ1v) is 12.4. The quantitative estimate of drug-likeness (QED) is 0.467. The lowest BCUT2D eigenvalue weighted by Gasteiger charge is -2.29. The van der Waals surface area contributed by atoms with Crippen LogP contribution < -0.4 is 5.73 Å². The highest BCUT2D eigenvalue weighted by atomic mass is 79.9. The normalized spacial score (nSPS) is 15.2. The molecule has 1 fully saturated rings. The first kappa shape index (κ1) is 24.3. The van der Waals surface area contributed by atoms with Crippen molar-refractivity contribution in [3.8, 4) is 0 Å². The number of pyridine rings is 1. The van der Waals surface area contributed by atoms with Crippen molar-refractivity contribution in [2.24, 2.45) is 0 Å². The predicted molar refractivity (Wildman–Crippen MR) is 135 cm³/mol. The van der Waals surface area contributed by atoms with Gasteiger partial charge < -0.3 is 15.4 Å².